The first-order valence-corrected chi connectivity index (χ1v) is 8.49. The summed E-state index contributed by atoms with van der Waals surface area (Å²) in [5.74, 6) is 0.160. The Morgan fingerprint density at radius 2 is 1.73 bits per heavy atom. The lowest BCUT2D eigenvalue weighted by Gasteiger charge is -2.34. The summed E-state index contributed by atoms with van der Waals surface area (Å²) >= 11 is 0. The van der Waals surface area contributed by atoms with Crippen LogP contribution in [0.2, 0.25) is 0 Å². The number of nitrogens with zero attached hydrogens (tertiary/aromatic N) is 2. The normalized spacial score (nSPS) is 23.6. The number of carbonyl (C=O) groups is 1. The Hall–Kier alpha value is -1.55. The zero-order valence-electron chi connectivity index (χ0n) is 13.4. The zero-order valence-corrected chi connectivity index (χ0v) is 13.4. The van der Waals surface area contributed by atoms with Crippen LogP contribution in [0.25, 0.3) is 0 Å². The molecular formula is C18H26N2O2. The van der Waals surface area contributed by atoms with Gasteiger partial charge in [-0.15, -0.1) is 0 Å². The summed E-state index contributed by atoms with van der Waals surface area (Å²) in [5, 5.41) is 9.58. The fourth-order valence-electron chi connectivity index (χ4n) is 3.50. The third kappa shape index (κ3) is 3.27. The Labute approximate surface area is 132 Å². The maximum Gasteiger partial charge on any atom is 0.254 e. The van der Waals surface area contributed by atoms with Crippen LogP contribution in [0.1, 0.15) is 49.4 Å². The molecule has 3 rings (SSSR count). The summed E-state index contributed by atoms with van der Waals surface area (Å²) in [6.45, 7) is 4.80. The second kappa shape index (κ2) is 6.69. The Kier molecular flexibility index (Phi) is 4.67. The van der Waals surface area contributed by atoms with Crippen molar-refractivity contribution in [2.24, 2.45) is 0 Å². The number of aliphatic hydroxyl groups excluding tert-OH is 1. The van der Waals surface area contributed by atoms with Gasteiger partial charge >= 0.3 is 0 Å². The first kappa shape index (κ1) is 15.3. The average molecular weight is 302 g/mol. The van der Waals surface area contributed by atoms with E-state index >= 15 is 0 Å². The minimum absolute atomic E-state index is 0.155. The molecule has 1 aromatic rings. The highest BCUT2D eigenvalue weighted by Crippen LogP contribution is 2.23. The molecule has 1 aromatic carbocycles. The molecule has 120 valence electrons. The van der Waals surface area contributed by atoms with Crippen molar-refractivity contribution >= 4 is 11.6 Å². The van der Waals surface area contributed by atoms with Crippen LogP contribution in [0, 0.1) is 0 Å². The average Bonchev–Trinajstić information content (AvgIpc) is 2.56. The summed E-state index contributed by atoms with van der Waals surface area (Å²) in [4.78, 5) is 16.9. The number of likely N-dealkylation sites (tertiary alicyclic amines) is 1. The summed E-state index contributed by atoms with van der Waals surface area (Å²) in [5.41, 5.74) is 1.93. The van der Waals surface area contributed by atoms with E-state index in [0.717, 1.165) is 56.6 Å². The van der Waals surface area contributed by atoms with E-state index in [1.165, 1.54) is 6.42 Å². The van der Waals surface area contributed by atoms with Gasteiger partial charge in [-0.2, -0.15) is 0 Å². The quantitative estimate of drug-likeness (QED) is 0.913. The summed E-state index contributed by atoms with van der Waals surface area (Å²) in [7, 11) is 0. The number of hydrogen-bond donors (Lipinski definition) is 1. The predicted molar refractivity (Wildman–Crippen MR) is 88.2 cm³/mol. The molecule has 0 spiro atoms. The van der Waals surface area contributed by atoms with E-state index in [0.29, 0.717) is 6.04 Å². The number of aliphatic hydroxyl groups is 1. The minimum Gasteiger partial charge on any atom is -0.393 e. The molecular weight excluding hydrogens is 276 g/mol. The molecule has 1 N–H and O–H groups in total. The van der Waals surface area contributed by atoms with Crippen molar-refractivity contribution in [3.63, 3.8) is 0 Å². The lowest BCUT2D eigenvalue weighted by Crippen LogP contribution is -2.42. The third-order valence-electron chi connectivity index (χ3n) is 5.01. The molecule has 2 fully saturated rings. The zero-order chi connectivity index (χ0) is 15.5. The number of piperidine rings is 2. The highest BCUT2D eigenvalue weighted by atomic mass is 16.3. The minimum atomic E-state index is -0.155. The first-order valence-electron chi connectivity index (χ1n) is 8.49. The van der Waals surface area contributed by atoms with Crippen molar-refractivity contribution < 1.29 is 9.90 Å². The molecule has 2 aliphatic rings. The second-order valence-electron chi connectivity index (χ2n) is 6.61. The molecule has 2 heterocycles. The third-order valence-corrected chi connectivity index (χ3v) is 5.01. The van der Waals surface area contributed by atoms with Crippen molar-refractivity contribution in [2.75, 3.05) is 24.5 Å². The fourth-order valence-corrected chi connectivity index (χ4v) is 3.50. The molecule has 0 saturated carbocycles. The van der Waals surface area contributed by atoms with Crippen molar-refractivity contribution in [3.05, 3.63) is 29.8 Å². The van der Waals surface area contributed by atoms with Crippen molar-refractivity contribution in [1.29, 1.82) is 0 Å². The van der Waals surface area contributed by atoms with Crippen molar-refractivity contribution in [3.8, 4) is 0 Å². The molecule has 0 radical (unpaired) electrons. The van der Waals surface area contributed by atoms with Crippen LogP contribution in [0.5, 0.6) is 0 Å². The van der Waals surface area contributed by atoms with Crippen LogP contribution in [0.15, 0.2) is 24.3 Å². The van der Waals surface area contributed by atoms with E-state index < -0.39 is 0 Å². The van der Waals surface area contributed by atoms with Gasteiger partial charge < -0.3 is 14.9 Å². The van der Waals surface area contributed by atoms with Crippen molar-refractivity contribution in [1.82, 2.24) is 4.90 Å². The van der Waals surface area contributed by atoms with E-state index in [2.05, 4.69) is 11.8 Å². The topological polar surface area (TPSA) is 43.8 Å². The molecule has 0 bridgehead atoms. The van der Waals surface area contributed by atoms with Crippen LogP contribution in [0.4, 0.5) is 5.69 Å². The van der Waals surface area contributed by atoms with Gasteiger partial charge in [-0.05, 0) is 63.3 Å². The molecule has 1 unspecified atom stereocenters. The SMILES string of the molecule is CC1CCCCN1C(=O)c1ccc(N2CCC(O)CC2)cc1. The number of benzene rings is 1. The van der Waals surface area contributed by atoms with Gasteiger partial charge in [-0.1, -0.05) is 0 Å². The van der Waals surface area contributed by atoms with Gasteiger partial charge in [0.05, 0.1) is 6.10 Å². The van der Waals surface area contributed by atoms with Gasteiger partial charge in [0.25, 0.3) is 5.91 Å². The van der Waals surface area contributed by atoms with Crippen LogP contribution in [-0.2, 0) is 0 Å². The lowest BCUT2D eigenvalue weighted by molar-refractivity contribution is 0.0635. The number of rotatable bonds is 2. The molecule has 1 amide bonds. The Morgan fingerprint density at radius 1 is 1.05 bits per heavy atom. The summed E-state index contributed by atoms with van der Waals surface area (Å²) in [6, 6.07) is 8.33. The van der Waals surface area contributed by atoms with E-state index in [4.69, 9.17) is 0 Å². The van der Waals surface area contributed by atoms with Gasteiger partial charge in [0.1, 0.15) is 0 Å². The van der Waals surface area contributed by atoms with Gasteiger partial charge in [0.2, 0.25) is 0 Å². The Balaban J connectivity index is 1.67. The van der Waals surface area contributed by atoms with E-state index in [1.807, 2.05) is 29.2 Å². The van der Waals surface area contributed by atoms with Crippen LogP contribution in [-0.4, -0.2) is 47.7 Å². The summed E-state index contributed by atoms with van der Waals surface area (Å²) < 4.78 is 0. The summed E-state index contributed by atoms with van der Waals surface area (Å²) in [6.07, 6.45) is 4.95. The highest BCUT2D eigenvalue weighted by Gasteiger charge is 2.24. The molecule has 4 heteroatoms. The molecule has 2 aliphatic heterocycles. The number of anilines is 1. The van der Waals surface area contributed by atoms with Gasteiger partial charge in [-0.25, -0.2) is 0 Å². The highest BCUT2D eigenvalue weighted by molar-refractivity contribution is 5.94. The van der Waals surface area contributed by atoms with Crippen LogP contribution in [0.3, 0.4) is 0 Å². The van der Waals surface area contributed by atoms with Gasteiger partial charge in [-0.3, -0.25) is 4.79 Å². The number of hydrogen-bond acceptors (Lipinski definition) is 3. The smallest absolute Gasteiger partial charge is 0.254 e. The van der Waals surface area contributed by atoms with Crippen molar-refractivity contribution in [2.45, 2.75) is 51.2 Å². The van der Waals surface area contributed by atoms with E-state index in [1.54, 1.807) is 0 Å². The molecule has 0 aliphatic carbocycles. The van der Waals surface area contributed by atoms with Gasteiger partial charge in [0.15, 0.2) is 0 Å². The second-order valence-corrected chi connectivity index (χ2v) is 6.61. The lowest BCUT2D eigenvalue weighted by atomic mass is 10.0. The fraction of sp³-hybridized carbons (Fsp3) is 0.611. The van der Waals surface area contributed by atoms with E-state index in [-0.39, 0.29) is 12.0 Å². The molecule has 4 nitrogen and oxygen atoms in total. The monoisotopic (exact) mass is 302 g/mol. The molecule has 1 atom stereocenters. The Morgan fingerprint density at radius 3 is 2.36 bits per heavy atom. The van der Waals surface area contributed by atoms with Crippen LogP contribution >= 0.6 is 0 Å². The number of amides is 1. The standard InChI is InChI=1S/C18H26N2O2/c1-14-4-2-3-11-20(14)18(22)15-5-7-16(8-6-15)19-12-9-17(21)10-13-19/h5-8,14,17,21H,2-4,9-13H2,1H3. The molecule has 22 heavy (non-hydrogen) atoms. The maximum atomic E-state index is 12.6. The Bertz CT molecular complexity index is 506. The van der Waals surface area contributed by atoms with Gasteiger partial charge in [0, 0.05) is 36.9 Å². The number of carbonyl (C=O) groups excluding carboxylic acids is 1. The maximum absolute atomic E-state index is 12.6. The van der Waals surface area contributed by atoms with Crippen LogP contribution < -0.4 is 4.90 Å². The van der Waals surface area contributed by atoms with E-state index in [9.17, 15) is 9.90 Å². The molecule has 2 saturated heterocycles. The largest absolute Gasteiger partial charge is 0.393 e. The molecule has 0 aromatic heterocycles. The first-order chi connectivity index (χ1) is 10.6. The predicted octanol–water partition coefficient (Wildman–Crippen LogP) is 2.66.